The van der Waals surface area contributed by atoms with Crippen LogP contribution in [0.5, 0.6) is 0 Å². The molecular formula is C21H30N2O4. The van der Waals surface area contributed by atoms with E-state index in [0.717, 1.165) is 19.3 Å². The second kappa shape index (κ2) is 8.27. The minimum absolute atomic E-state index is 0.00956. The van der Waals surface area contributed by atoms with E-state index in [-0.39, 0.29) is 30.3 Å². The van der Waals surface area contributed by atoms with Crippen molar-refractivity contribution in [2.24, 2.45) is 0 Å². The Morgan fingerprint density at radius 2 is 1.96 bits per heavy atom. The van der Waals surface area contributed by atoms with Crippen LogP contribution in [0.4, 0.5) is 0 Å². The van der Waals surface area contributed by atoms with Crippen LogP contribution in [0, 0.1) is 0 Å². The number of fused-ring (bicyclic) bond motifs is 2. The van der Waals surface area contributed by atoms with Crippen LogP contribution in [0.25, 0.3) is 0 Å². The minimum atomic E-state index is -0.644. The predicted octanol–water partition coefficient (Wildman–Crippen LogP) is 0.946. The Hall–Kier alpha value is -1.47. The summed E-state index contributed by atoms with van der Waals surface area (Å²) in [6, 6.07) is 8.94. The highest BCUT2D eigenvalue weighted by Gasteiger charge is 2.50. The predicted molar refractivity (Wildman–Crippen MR) is 102 cm³/mol. The topological polar surface area (TPSA) is 79.8 Å². The summed E-state index contributed by atoms with van der Waals surface area (Å²) in [4.78, 5) is 11.9. The maximum atomic E-state index is 11.9. The first-order valence-corrected chi connectivity index (χ1v) is 10.2. The molecule has 1 aromatic rings. The van der Waals surface area contributed by atoms with E-state index in [9.17, 15) is 9.90 Å². The first-order valence-electron chi connectivity index (χ1n) is 10.2. The molecule has 2 aliphatic heterocycles. The molecule has 27 heavy (non-hydrogen) atoms. The zero-order valence-electron chi connectivity index (χ0n) is 15.9. The van der Waals surface area contributed by atoms with E-state index in [4.69, 9.17) is 9.47 Å². The highest BCUT2D eigenvalue weighted by atomic mass is 16.6. The van der Waals surface area contributed by atoms with Crippen LogP contribution in [0.1, 0.15) is 37.3 Å². The highest BCUT2D eigenvalue weighted by Crippen LogP contribution is 2.35. The van der Waals surface area contributed by atoms with E-state index in [1.54, 1.807) is 0 Å². The number of ether oxygens (including phenoxy) is 2. The fraction of sp³-hybridized carbons (Fsp3) is 0.667. The molecule has 1 aliphatic carbocycles. The van der Waals surface area contributed by atoms with E-state index in [2.05, 4.69) is 34.9 Å². The molecule has 4 rings (SSSR count). The van der Waals surface area contributed by atoms with Gasteiger partial charge in [-0.3, -0.25) is 4.79 Å². The minimum Gasteiger partial charge on any atom is -0.388 e. The molecule has 3 aliphatic rings. The van der Waals surface area contributed by atoms with Crippen molar-refractivity contribution in [2.75, 3.05) is 13.1 Å². The van der Waals surface area contributed by atoms with Crippen molar-refractivity contribution in [1.82, 2.24) is 10.6 Å². The molecule has 0 bridgehead atoms. The Kier molecular flexibility index (Phi) is 5.78. The van der Waals surface area contributed by atoms with Gasteiger partial charge in [-0.25, -0.2) is 0 Å². The highest BCUT2D eigenvalue weighted by molar-refractivity contribution is 5.76. The van der Waals surface area contributed by atoms with Gasteiger partial charge in [0.25, 0.3) is 0 Å². The Morgan fingerprint density at radius 1 is 1.22 bits per heavy atom. The van der Waals surface area contributed by atoms with Gasteiger partial charge < -0.3 is 25.2 Å². The van der Waals surface area contributed by atoms with Crippen molar-refractivity contribution in [3.8, 4) is 0 Å². The van der Waals surface area contributed by atoms with E-state index >= 15 is 0 Å². The standard InChI is InChI=1S/C21H30N2O4/c1-2-7-22-19(24)11-16-10-17-21(26-16)20(25)18(27-17)12-23-15-8-13-5-3-4-6-14(13)9-15/h3-6,15-18,20-21,23,25H,2,7-12H2,1H3,(H,22,24)/t16-,17+,18+,20+,21-/m0/s1. The number of hydrogen-bond donors (Lipinski definition) is 3. The van der Waals surface area contributed by atoms with E-state index in [1.165, 1.54) is 11.1 Å². The van der Waals surface area contributed by atoms with Crippen molar-refractivity contribution in [3.63, 3.8) is 0 Å². The van der Waals surface area contributed by atoms with Gasteiger partial charge in [0.05, 0.1) is 24.7 Å². The maximum Gasteiger partial charge on any atom is 0.222 e. The molecule has 3 N–H and O–H groups in total. The molecule has 5 atom stereocenters. The summed E-state index contributed by atoms with van der Waals surface area (Å²) in [6.07, 6.45) is 2.50. The summed E-state index contributed by atoms with van der Waals surface area (Å²) in [7, 11) is 0. The second-order valence-corrected chi connectivity index (χ2v) is 8.00. The molecule has 2 saturated heterocycles. The molecule has 1 aromatic carbocycles. The zero-order valence-corrected chi connectivity index (χ0v) is 15.9. The lowest BCUT2D eigenvalue weighted by atomic mass is 10.1. The fourth-order valence-corrected chi connectivity index (χ4v) is 4.54. The maximum absolute atomic E-state index is 11.9. The Balaban J connectivity index is 1.22. The quantitative estimate of drug-likeness (QED) is 0.662. The van der Waals surface area contributed by atoms with Crippen LogP contribution in [0.2, 0.25) is 0 Å². The summed E-state index contributed by atoms with van der Waals surface area (Å²) >= 11 is 0. The van der Waals surface area contributed by atoms with Gasteiger partial charge in [0.2, 0.25) is 5.91 Å². The van der Waals surface area contributed by atoms with Crippen molar-refractivity contribution in [3.05, 3.63) is 35.4 Å². The Morgan fingerprint density at radius 3 is 2.63 bits per heavy atom. The molecule has 0 unspecified atom stereocenters. The van der Waals surface area contributed by atoms with E-state index in [1.807, 2.05) is 6.92 Å². The molecule has 0 aromatic heterocycles. The largest absolute Gasteiger partial charge is 0.388 e. The van der Waals surface area contributed by atoms with Gasteiger partial charge in [0, 0.05) is 25.6 Å². The van der Waals surface area contributed by atoms with Gasteiger partial charge in [-0.2, -0.15) is 0 Å². The summed E-state index contributed by atoms with van der Waals surface area (Å²) in [5, 5.41) is 17.0. The van der Waals surface area contributed by atoms with Crippen LogP contribution < -0.4 is 10.6 Å². The number of carbonyl (C=O) groups is 1. The Labute approximate surface area is 160 Å². The molecule has 6 heteroatoms. The van der Waals surface area contributed by atoms with Gasteiger partial charge in [-0.1, -0.05) is 31.2 Å². The lowest BCUT2D eigenvalue weighted by Crippen LogP contribution is -2.42. The van der Waals surface area contributed by atoms with Crippen LogP contribution in [-0.2, 0) is 27.1 Å². The summed E-state index contributed by atoms with van der Waals surface area (Å²) in [5.74, 6) is 0.00956. The van der Waals surface area contributed by atoms with Crippen molar-refractivity contribution < 1.29 is 19.4 Å². The fourth-order valence-electron chi connectivity index (χ4n) is 4.54. The molecule has 0 spiro atoms. The third-order valence-electron chi connectivity index (χ3n) is 5.92. The first-order chi connectivity index (χ1) is 13.1. The number of hydrogen-bond acceptors (Lipinski definition) is 5. The molecule has 6 nitrogen and oxygen atoms in total. The smallest absolute Gasteiger partial charge is 0.222 e. The van der Waals surface area contributed by atoms with Gasteiger partial charge in [-0.05, 0) is 30.4 Å². The first kappa shape index (κ1) is 18.9. The lowest BCUT2D eigenvalue weighted by molar-refractivity contribution is -0.124. The summed E-state index contributed by atoms with van der Waals surface area (Å²) < 4.78 is 12.0. The number of nitrogens with one attached hydrogen (secondary N) is 2. The summed E-state index contributed by atoms with van der Waals surface area (Å²) in [6.45, 7) is 3.34. The van der Waals surface area contributed by atoms with E-state index in [0.29, 0.717) is 32.0 Å². The molecule has 2 fully saturated rings. The molecule has 148 valence electrons. The zero-order chi connectivity index (χ0) is 18.8. The Bertz CT molecular complexity index is 642. The molecule has 2 heterocycles. The van der Waals surface area contributed by atoms with E-state index < -0.39 is 6.10 Å². The van der Waals surface area contributed by atoms with Gasteiger partial charge >= 0.3 is 0 Å². The summed E-state index contributed by atoms with van der Waals surface area (Å²) in [5.41, 5.74) is 2.82. The van der Waals surface area contributed by atoms with Crippen molar-refractivity contribution >= 4 is 5.91 Å². The van der Waals surface area contributed by atoms with Gasteiger partial charge in [0.1, 0.15) is 12.2 Å². The number of carbonyl (C=O) groups excluding carboxylic acids is 1. The van der Waals surface area contributed by atoms with Crippen LogP contribution in [-0.4, -0.2) is 60.7 Å². The van der Waals surface area contributed by atoms with Gasteiger partial charge in [-0.15, -0.1) is 0 Å². The molecule has 0 radical (unpaired) electrons. The average Bonchev–Trinajstić information content (AvgIpc) is 3.32. The SMILES string of the molecule is CCCNC(=O)C[C@@H]1C[C@H]2O[C@H](CNC3Cc4ccccc4C3)[C@@H](O)[C@H]2O1. The normalized spacial score (nSPS) is 32.4. The van der Waals surface area contributed by atoms with Crippen LogP contribution >= 0.6 is 0 Å². The van der Waals surface area contributed by atoms with Crippen molar-refractivity contribution in [2.45, 2.75) is 75.6 Å². The van der Waals surface area contributed by atoms with Gasteiger partial charge in [0.15, 0.2) is 0 Å². The number of amides is 1. The van der Waals surface area contributed by atoms with Crippen LogP contribution in [0.15, 0.2) is 24.3 Å². The molecule has 0 saturated carbocycles. The monoisotopic (exact) mass is 374 g/mol. The number of aliphatic hydroxyl groups excluding tert-OH is 1. The number of benzene rings is 1. The lowest BCUT2D eigenvalue weighted by Gasteiger charge is -2.22. The molecular weight excluding hydrogens is 344 g/mol. The number of aliphatic hydroxyl groups is 1. The van der Waals surface area contributed by atoms with Crippen LogP contribution in [0.3, 0.4) is 0 Å². The second-order valence-electron chi connectivity index (χ2n) is 8.00. The average molecular weight is 374 g/mol. The third-order valence-corrected chi connectivity index (χ3v) is 5.92. The number of rotatable bonds is 7. The third kappa shape index (κ3) is 4.19. The van der Waals surface area contributed by atoms with Crippen molar-refractivity contribution in [1.29, 1.82) is 0 Å². The molecule has 1 amide bonds.